The molecular weight excluding hydrogens is 192 g/mol. The maximum absolute atomic E-state index is 10.2. The van der Waals surface area contributed by atoms with Crippen LogP contribution in [0.25, 0.3) is 0 Å². The van der Waals surface area contributed by atoms with Gasteiger partial charge in [0, 0.05) is 0 Å². The topological polar surface area (TPSA) is 62.2 Å². The summed E-state index contributed by atoms with van der Waals surface area (Å²) in [5.74, 6) is 0.334. The molecule has 0 unspecified atom stereocenters. The Morgan fingerprint density at radius 3 is 2.85 bits per heavy atom. The lowest BCUT2D eigenvalue weighted by molar-refractivity contribution is 0.194. The fourth-order valence-corrected chi connectivity index (χ4v) is 1.02. The molecule has 0 atom stereocenters. The van der Waals surface area contributed by atoms with E-state index in [4.69, 9.17) is 16.7 Å². The van der Waals surface area contributed by atoms with E-state index in [-0.39, 0.29) is 6.54 Å². The van der Waals surface area contributed by atoms with Crippen LogP contribution in [0.3, 0.4) is 0 Å². The molecule has 1 amide bonds. The Labute approximate surface area is 80.6 Å². The summed E-state index contributed by atoms with van der Waals surface area (Å²) in [4.78, 5) is 14.3. The van der Waals surface area contributed by atoms with Gasteiger partial charge in [-0.2, -0.15) is 0 Å². The maximum atomic E-state index is 10.2. The first-order valence-corrected chi connectivity index (χ1v) is 4.23. The van der Waals surface area contributed by atoms with Crippen LogP contribution < -0.4 is 5.32 Å². The lowest BCUT2D eigenvalue weighted by Crippen LogP contribution is -2.20. The predicted molar refractivity (Wildman–Crippen MR) is 48.7 cm³/mol. The molecule has 5 heteroatoms. The lowest BCUT2D eigenvalue weighted by Gasteiger charge is -2.01. The molecule has 1 aromatic heterocycles. The van der Waals surface area contributed by atoms with Crippen LogP contribution in [0, 0.1) is 0 Å². The van der Waals surface area contributed by atoms with Gasteiger partial charge in [-0.05, 0) is 12.1 Å². The average Bonchev–Trinajstić information content (AvgIpc) is 2.15. The third-order valence-electron chi connectivity index (χ3n) is 1.42. The number of pyridine rings is 1. The highest BCUT2D eigenvalue weighted by Crippen LogP contribution is 2.01. The van der Waals surface area contributed by atoms with Crippen LogP contribution in [0.4, 0.5) is 4.79 Å². The molecule has 13 heavy (non-hydrogen) atoms. The summed E-state index contributed by atoms with van der Waals surface area (Å²) in [6.45, 7) is 0.208. The maximum Gasteiger partial charge on any atom is 0.404 e. The van der Waals surface area contributed by atoms with Crippen LogP contribution in [0.15, 0.2) is 18.2 Å². The lowest BCUT2D eigenvalue weighted by atomic mass is 10.3. The Bertz CT molecular complexity index is 304. The number of halogens is 1. The molecule has 0 saturated carbocycles. The molecule has 0 aromatic carbocycles. The first kappa shape index (κ1) is 9.80. The largest absolute Gasteiger partial charge is 0.465 e. The average molecular weight is 201 g/mol. The van der Waals surface area contributed by atoms with Gasteiger partial charge in [0.05, 0.1) is 23.8 Å². The monoisotopic (exact) mass is 200 g/mol. The molecule has 2 N–H and O–H groups in total. The number of nitrogens with one attached hydrogen (secondary N) is 1. The van der Waals surface area contributed by atoms with Crippen LogP contribution in [-0.2, 0) is 12.4 Å². The Balaban J connectivity index is 2.61. The number of alkyl halides is 1. The van der Waals surface area contributed by atoms with Gasteiger partial charge in [-0.1, -0.05) is 6.07 Å². The molecule has 0 fully saturated rings. The quantitative estimate of drug-likeness (QED) is 0.729. The van der Waals surface area contributed by atoms with Gasteiger partial charge < -0.3 is 10.4 Å². The molecule has 0 aliphatic carbocycles. The zero-order chi connectivity index (χ0) is 9.68. The fourth-order valence-electron chi connectivity index (χ4n) is 0.868. The normalized spacial score (nSPS) is 9.62. The highest BCUT2D eigenvalue weighted by atomic mass is 35.5. The van der Waals surface area contributed by atoms with Gasteiger partial charge in [0.1, 0.15) is 0 Å². The number of aromatic nitrogens is 1. The highest BCUT2D eigenvalue weighted by Gasteiger charge is 1.98. The second-order valence-electron chi connectivity index (χ2n) is 2.41. The molecule has 4 nitrogen and oxygen atoms in total. The van der Waals surface area contributed by atoms with Crippen molar-refractivity contribution in [3.8, 4) is 0 Å². The van der Waals surface area contributed by atoms with E-state index in [2.05, 4.69) is 10.3 Å². The number of hydrogen-bond acceptors (Lipinski definition) is 2. The Morgan fingerprint density at radius 2 is 2.23 bits per heavy atom. The first-order valence-electron chi connectivity index (χ1n) is 3.70. The summed E-state index contributed by atoms with van der Waals surface area (Å²) in [6, 6.07) is 5.33. The number of hydrogen-bond donors (Lipinski definition) is 2. The van der Waals surface area contributed by atoms with Crippen molar-refractivity contribution in [1.82, 2.24) is 10.3 Å². The summed E-state index contributed by atoms with van der Waals surface area (Å²) >= 11 is 5.56. The van der Waals surface area contributed by atoms with E-state index in [1.54, 1.807) is 18.2 Å². The van der Waals surface area contributed by atoms with Gasteiger partial charge >= 0.3 is 6.09 Å². The minimum Gasteiger partial charge on any atom is -0.465 e. The smallest absolute Gasteiger partial charge is 0.404 e. The van der Waals surface area contributed by atoms with Crippen LogP contribution in [0.2, 0.25) is 0 Å². The van der Waals surface area contributed by atoms with Gasteiger partial charge in [-0.3, -0.25) is 4.98 Å². The number of amides is 1. The summed E-state index contributed by atoms with van der Waals surface area (Å²) < 4.78 is 0. The van der Waals surface area contributed by atoms with Crippen molar-refractivity contribution in [3.63, 3.8) is 0 Å². The molecule has 0 radical (unpaired) electrons. The summed E-state index contributed by atoms with van der Waals surface area (Å²) in [5.41, 5.74) is 1.41. The predicted octanol–water partition coefficient (Wildman–Crippen LogP) is 1.59. The molecule has 0 spiro atoms. The summed E-state index contributed by atoms with van der Waals surface area (Å²) in [7, 11) is 0. The Kier molecular flexibility index (Phi) is 3.52. The summed E-state index contributed by atoms with van der Waals surface area (Å²) in [6.07, 6.45) is -1.06. The van der Waals surface area contributed by atoms with Crippen LogP contribution in [0.5, 0.6) is 0 Å². The number of carboxylic acid groups (broad SMARTS) is 1. The van der Waals surface area contributed by atoms with Crippen LogP contribution in [-0.4, -0.2) is 16.2 Å². The van der Waals surface area contributed by atoms with E-state index in [0.717, 1.165) is 5.69 Å². The first-order chi connectivity index (χ1) is 6.22. The van der Waals surface area contributed by atoms with E-state index in [9.17, 15) is 4.79 Å². The highest BCUT2D eigenvalue weighted by molar-refractivity contribution is 6.16. The molecule has 0 aliphatic heterocycles. The molecule has 1 aromatic rings. The minimum atomic E-state index is -1.06. The second kappa shape index (κ2) is 4.67. The second-order valence-corrected chi connectivity index (χ2v) is 2.68. The van der Waals surface area contributed by atoms with Gasteiger partial charge in [0.15, 0.2) is 0 Å². The van der Waals surface area contributed by atoms with Gasteiger partial charge in [0.2, 0.25) is 0 Å². The van der Waals surface area contributed by atoms with Crippen molar-refractivity contribution in [3.05, 3.63) is 29.6 Å². The fraction of sp³-hybridized carbons (Fsp3) is 0.250. The standard InChI is InChI=1S/C8H9ClN2O2/c9-4-6-2-1-3-7(11-6)5-10-8(12)13/h1-3,10H,4-5H2,(H,12,13). The third-order valence-corrected chi connectivity index (χ3v) is 1.70. The van der Waals surface area contributed by atoms with Gasteiger partial charge in [-0.15, -0.1) is 11.6 Å². The van der Waals surface area contributed by atoms with Crippen molar-refractivity contribution in [2.75, 3.05) is 0 Å². The number of nitrogens with zero attached hydrogens (tertiary/aromatic N) is 1. The minimum absolute atomic E-state index is 0.208. The zero-order valence-electron chi connectivity index (χ0n) is 6.83. The molecule has 0 bridgehead atoms. The molecular formula is C8H9ClN2O2. The third kappa shape index (κ3) is 3.29. The van der Waals surface area contributed by atoms with Crippen molar-refractivity contribution in [2.45, 2.75) is 12.4 Å². The van der Waals surface area contributed by atoms with Gasteiger partial charge in [-0.25, -0.2) is 4.79 Å². The molecule has 1 rings (SSSR count). The van der Waals surface area contributed by atoms with Crippen LogP contribution >= 0.6 is 11.6 Å². The van der Waals surface area contributed by atoms with Crippen molar-refractivity contribution < 1.29 is 9.90 Å². The van der Waals surface area contributed by atoms with E-state index >= 15 is 0 Å². The number of carbonyl (C=O) groups is 1. The van der Waals surface area contributed by atoms with E-state index in [1.165, 1.54) is 0 Å². The SMILES string of the molecule is O=C(O)NCc1cccc(CCl)n1. The Hall–Kier alpha value is -1.29. The van der Waals surface area contributed by atoms with Crippen LogP contribution in [0.1, 0.15) is 11.4 Å². The zero-order valence-corrected chi connectivity index (χ0v) is 7.58. The van der Waals surface area contributed by atoms with Crippen molar-refractivity contribution in [1.29, 1.82) is 0 Å². The molecule has 0 saturated heterocycles. The van der Waals surface area contributed by atoms with Crippen molar-refractivity contribution >= 4 is 17.7 Å². The van der Waals surface area contributed by atoms with E-state index in [0.29, 0.717) is 11.6 Å². The number of rotatable bonds is 3. The molecule has 70 valence electrons. The van der Waals surface area contributed by atoms with E-state index < -0.39 is 6.09 Å². The van der Waals surface area contributed by atoms with E-state index in [1.807, 2.05) is 0 Å². The molecule has 1 heterocycles. The van der Waals surface area contributed by atoms with Gasteiger partial charge in [0.25, 0.3) is 0 Å². The molecule has 0 aliphatic rings. The Morgan fingerprint density at radius 1 is 1.54 bits per heavy atom. The van der Waals surface area contributed by atoms with Crippen molar-refractivity contribution in [2.24, 2.45) is 0 Å². The summed E-state index contributed by atoms with van der Waals surface area (Å²) in [5, 5.41) is 10.6.